The van der Waals surface area contributed by atoms with E-state index in [0.717, 1.165) is 12.8 Å². The molecule has 0 unspecified atom stereocenters. The predicted octanol–water partition coefficient (Wildman–Crippen LogP) is 0.985. The van der Waals surface area contributed by atoms with Gasteiger partial charge in [0.1, 0.15) is 12.2 Å². The van der Waals surface area contributed by atoms with E-state index in [2.05, 4.69) is 0 Å². The van der Waals surface area contributed by atoms with E-state index >= 15 is 0 Å². The molecule has 4 atom stereocenters. The fourth-order valence-corrected chi connectivity index (χ4v) is 2.64. The van der Waals surface area contributed by atoms with Crippen molar-refractivity contribution in [1.82, 2.24) is 0 Å². The average Bonchev–Trinajstić information content (AvgIpc) is 2.26. The van der Waals surface area contributed by atoms with Gasteiger partial charge in [0.15, 0.2) is 5.79 Å². The molecule has 0 saturated carbocycles. The van der Waals surface area contributed by atoms with Crippen molar-refractivity contribution < 1.29 is 24.1 Å². The molecule has 0 aromatic rings. The van der Waals surface area contributed by atoms with E-state index in [-0.39, 0.29) is 12.1 Å². The van der Waals surface area contributed by atoms with Gasteiger partial charge in [-0.05, 0) is 19.8 Å². The van der Waals surface area contributed by atoms with Gasteiger partial charge in [0.05, 0.1) is 12.7 Å². The SMILES string of the molecule is CC(=O)O[C@@H]1C[C@H](C)O[C@]2(CCCCO2)[C@@H]1O. The van der Waals surface area contributed by atoms with Crippen LogP contribution in [0.1, 0.15) is 39.5 Å². The molecule has 0 aliphatic carbocycles. The Hall–Kier alpha value is -0.650. The molecule has 2 saturated heterocycles. The van der Waals surface area contributed by atoms with Crippen LogP contribution in [0.15, 0.2) is 0 Å². The molecule has 17 heavy (non-hydrogen) atoms. The highest BCUT2D eigenvalue weighted by Crippen LogP contribution is 2.38. The number of carbonyl (C=O) groups excluding carboxylic acids is 1. The first-order valence-electron chi connectivity index (χ1n) is 6.20. The van der Waals surface area contributed by atoms with Crippen LogP contribution in [-0.4, -0.2) is 41.8 Å². The molecule has 2 heterocycles. The molecule has 5 heteroatoms. The van der Waals surface area contributed by atoms with Crippen LogP contribution in [0, 0.1) is 0 Å². The smallest absolute Gasteiger partial charge is 0.303 e. The molecule has 2 fully saturated rings. The summed E-state index contributed by atoms with van der Waals surface area (Å²) in [6.45, 7) is 3.83. The number of ether oxygens (including phenoxy) is 3. The van der Waals surface area contributed by atoms with E-state index < -0.39 is 18.0 Å². The third-order valence-corrected chi connectivity index (χ3v) is 3.35. The first-order valence-corrected chi connectivity index (χ1v) is 6.20. The second kappa shape index (κ2) is 4.92. The lowest BCUT2D eigenvalue weighted by molar-refractivity contribution is -0.349. The van der Waals surface area contributed by atoms with Crippen LogP contribution in [0.25, 0.3) is 0 Å². The van der Waals surface area contributed by atoms with Gasteiger partial charge in [-0.1, -0.05) is 0 Å². The summed E-state index contributed by atoms with van der Waals surface area (Å²) in [4.78, 5) is 11.0. The van der Waals surface area contributed by atoms with E-state index in [9.17, 15) is 9.90 Å². The fourth-order valence-electron chi connectivity index (χ4n) is 2.64. The lowest BCUT2D eigenvalue weighted by Crippen LogP contribution is -2.60. The lowest BCUT2D eigenvalue weighted by Gasteiger charge is -2.48. The van der Waals surface area contributed by atoms with Crippen molar-refractivity contribution in [2.24, 2.45) is 0 Å². The summed E-state index contributed by atoms with van der Waals surface area (Å²) in [5.74, 6) is -1.36. The fraction of sp³-hybridized carbons (Fsp3) is 0.917. The molecule has 2 aliphatic heterocycles. The van der Waals surface area contributed by atoms with Crippen molar-refractivity contribution in [2.75, 3.05) is 6.61 Å². The van der Waals surface area contributed by atoms with Crippen LogP contribution in [0.4, 0.5) is 0 Å². The minimum Gasteiger partial charge on any atom is -0.459 e. The van der Waals surface area contributed by atoms with Crippen molar-refractivity contribution in [2.45, 2.75) is 63.6 Å². The normalized spacial score (nSPS) is 42.4. The van der Waals surface area contributed by atoms with Crippen molar-refractivity contribution in [3.8, 4) is 0 Å². The van der Waals surface area contributed by atoms with Gasteiger partial charge in [0, 0.05) is 19.8 Å². The van der Waals surface area contributed by atoms with E-state index in [1.54, 1.807) is 0 Å². The molecule has 5 nitrogen and oxygen atoms in total. The summed E-state index contributed by atoms with van der Waals surface area (Å²) in [7, 11) is 0. The molecule has 0 amide bonds. The number of rotatable bonds is 1. The highest BCUT2D eigenvalue weighted by Gasteiger charge is 2.51. The van der Waals surface area contributed by atoms with Crippen molar-refractivity contribution in [3.63, 3.8) is 0 Å². The van der Waals surface area contributed by atoms with E-state index in [1.165, 1.54) is 6.92 Å². The first kappa shape index (κ1) is 12.8. The third-order valence-electron chi connectivity index (χ3n) is 3.35. The Kier molecular flexibility index (Phi) is 3.70. The predicted molar refractivity (Wildman–Crippen MR) is 59.3 cm³/mol. The first-order chi connectivity index (χ1) is 8.03. The number of esters is 1. The maximum absolute atomic E-state index is 11.0. The molecule has 1 spiro atoms. The second-order valence-electron chi connectivity index (χ2n) is 4.87. The van der Waals surface area contributed by atoms with E-state index in [1.807, 2.05) is 6.92 Å². The molecular formula is C12H20O5. The van der Waals surface area contributed by atoms with Gasteiger partial charge in [-0.2, -0.15) is 0 Å². The number of aliphatic hydroxyl groups is 1. The van der Waals surface area contributed by atoms with Gasteiger partial charge in [-0.25, -0.2) is 0 Å². The molecule has 0 aromatic heterocycles. The molecule has 0 bridgehead atoms. The highest BCUT2D eigenvalue weighted by atomic mass is 16.7. The monoisotopic (exact) mass is 244 g/mol. The van der Waals surface area contributed by atoms with E-state index in [0.29, 0.717) is 19.4 Å². The quantitative estimate of drug-likeness (QED) is 0.697. The van der Waals surface area contributed by atoms with Crippen LogP contribution in [0.5, 0.6) is 0 Å². The molecule has 98 valence electrons. The van der Waals surface area contributed by atoms with Crippen LogP contribution in [0.2, 0.25) is 0 Å². The topological polar surface area (TPSA) is 65.0 Å². The highest BCUT2D eigenvalue weighted by molar-refractivity contribution is 5.66. The van der Waals surface area contributed by atoms with Crippen LogP contribution in [-0.2, 0) is 19.0 Å². The van der Waals surface area contributed by atoms with Gasteiger partial charge in [0.2, 0.25) is 0 Å². The largest absolute Gasteiger partial charge is 0.459 e. The van der Waals surface area contributed by atoms with Gasteiger partial charge >= 0.3 is 5.97 Å². The van der Waals surface area contributed by atoms with Crippen LogP contribution < -0.4 is 0 Å². The Morgan fingerprint density at radius 1 is 1.47 bits per heavy atom. The standard InChI is InChI=1S/C12H20O5/c1-8-7-10(16-9(2)13)11(14)12(17-8)5-3-4-6-15-12/h8,10-11,14H,3-7H2,1-2H3/t8-,10+,11+,12+/m0/s1. The lowest BCUT2D eigenvalue weighted by atomic mass is 9.90. The molecule has 1 N–H and O–H groups in total. The maximum Gasteiger partial charge on any atom is 0.303 e. The Bertz CT molecular complexity index is 285. The maximum atomic E-state index is 11.0. The molecule has 0 aromatic carbocycles. The van der Waals surface area contributed by atoms with Gasteiger partial charge in [0.25, 0.3) is 0 Å². The number of carbonyl (C=O) groups is 1. The number of hydrogen-bond donors (Lipinski definition) is 1. The summed E-state index contributed by atoms with van der Waals surface area (Å²) < 4.78 is 16.6. The minimum absolute atomic E-state index is 0.0825. The van der Waals surface area contributed by atoms with Gasteiger partial charge in [-0.3, -0.25) is 4.79 Å². The van der Waals surface area contributed by atoms with Crippen LogP contribution in [0.3, 0.4) is 0 Å². The Morgan fingerprint density at radius 3 is 2.82 bits per heavy atom. The van der Waals surface area contributed by atoms with Crippen LogP contribution >= 0.6 is 0 Å². The number of aliphatic hydroxyl groups excluding tert-OH is 1. The summed E-state index contributed by atoms with van der Waals surface area (Å²) in [6.07, 6.45) is 1.57. The van der Waals surface area contributed by atoms with Crippen molar-refractivity contribution in [3.05, 3.63) is 0 Å². The second-order valence-corrected chi connectivity index (χ2v) is 4.87. The minimum atomic E-state index is -0.976. The Balaban J connectivity index is 2.12. The number of hydrogen-bond acceptors (Lipinski definition) is 5. The van der Waals surface area contributed by atoms with E-state index in [4.69, 9.17) is 14.2 Å². The van der Waals surface area contributed by atoms with Gasteiger partial charge in [-0.15, -0.1) is 0 Å². The zero-order valence-corrected chi connectivity index (χ0v) is 10.3. The summed E-state index contributed by atoms with van der Waals surface area (Å²) in [5, 5.41) is 10.3. The summed E-state index contributed by atoms with van der Waals surface area (Å²) in [6, 6.07) is 0. The third kappa shape index (κ3) is 2.61. The average molecular weight is 244 g/mol. The van der Waals surface area contributed by atoms with Crippen molar-refractivity contribution in [1.29, 1.82) is 0 Å². The Labute approximate surface area is 101 Å². The van der Waals surface area contributed by atoms with Crippen molar-refractivity contribution >= 4 is 5.97 Å². The van der Waals surface area contributed by atoms with Gasteiger partial charge < -0.3 is 19.3 Å². The zero-order valence-electron chi connectivity index (χ0n) is 10.3. The summed E-state index contributed by atoms with van der Waals surface area (Å²) in [5.41, 5.74) is 0. The summed E-state index contributed by atoms with van der Waals surface area (Å²) >= 11 is 0. The molecule has 2 aliphatic rings. The molecular weight excluding hydrogens is 224 g/mol. The Morgan fingerprint density at radius 2 is 2.24 bits per heavy atom. The molecule has 2 rings (SSSR count). The zero-order chi connectivity index (χ0) is 12.5. The molecule has 0 radical (unpaired) electrons.